The highest BCUT2D eigenvalue weighted by molar-refractivity contribution is 6.14. The Morgan fingerprint density at radius 1 is 0.760 bits per heavy atom. The number of para-hydroxylation sites is 1. The Hall–Kier alpha value is -3.14. The summed E-state index contributed by atoms with van der Waals surface area (Å²) >= 11 is 0. The van der Waals surface area contributed by atoms with Gasteiger partial charge in [-0.3, -0.25) is 9.59 Å². The molecule has 0 aliphatic heterocycles. The minimum absolute atomic E-state index is 0.142. The minimum Gasteiger partial charge on any atom is -0.349 e. The lowest BCUT2D eigenvalue weighted by atomic mass is 10.0. The SMILES string of the molecule is O=C(NC1CC1)c1ccccc1NC(=O)c1cccc2ccccc12. The predicted molar refractivity (Wildman–Crippen MR) is 98.8 cm³/mol. The molecule has 0 radical (unpaired) electrons. The Kier molecular flexibility index (Phi) is 3.94. The normalized spacial score (nSPS) is 13.4. The standard InChI is InChI=1S/C21H18N2O2/c24-20(17-10-5-7-14-6-1-2-8-16(14)17)23-19-11-4-3-9-18(19)21(25)22-15-12-13-15/h1-11,15H,12-13H2,(H,22,25)(H,23,24). The van der Waals surface area contributed by atoms with Gasteiger partial charge >= 0.3 is 0 Å². The maximum Gasteiger partial charge on any atom is 0.256 e. The lowest BCUT2D eigenvalue weighted by Gasteiger charge is -2.12. The number of carbonyl (C=O) groups excluding carboxylic acids is 2. The first kappa shape index (κ1) is 15.4. The summed E-state index contributed by atoms with van der Waals surface area (Å²) in [6.45, 7) is 0. The molecule has 1 aliphatic rings. The third-order valence-electron chi connectivity index (χ3n) is 4.37. The summed E-state index contributed by atoms with van der Waals surface area (Å²) in [5.74, 6) is -0.361. The first-order valence-electron chi connectivity index (χ1n) is 8.41. The molecule has 1 fully saturated rings. The molecule has 25 heavy (non-hydrogen) atoms. The number of hydrogen-bond acceptors (Lipinski definition) is 2. The molecule has 3 aromatic carbocycles. The smallest absolute Gasteiger partial charge is 0.256 e. The van der Waals surface area contributed by atoms with Crippen LogP contribution < -0.4 is 10.6 Å². The van der Waals surface area contributed by atoms with Crippen LogP contribution in [0.15, 0.2) is 66.7 Å². The average molecular weight is 330 g/mol. The highest BCUT2D eigenvalue weighted by Gasteiger charge is 2.25. The molecule has 2 amide bonds. The van der Waals surface area contributed by atoms with Gasteiger partial charge in [-0.1, -0.05) is 48.5 Å². The molecule has 124 valence electrons. The van der Waals surface area contributed by atoms with Crippen LogP contribution >= 0.6 is 0 Å². The van der Waals surface area contributed by atoms with Gasteiger partial charge in [0.15, 0.2) is 0 Å². The van der Waals surface area contributed by atoms with Gasteiger partial charge in [0.25, 0.3) is 11.8 Å². The van der Waals surface area contributed by atoms with E-state index in [0.29, 0.717) is 16.8 Å². The first-order chi connectivity index (χ1) is 12.2. The van der Waals surface area contributed by atoms with E-state index in [1.54, 1.807) is 24.3 Å². The Morgan fingerprint density at radius 2 is 1.44 bits per heavy atom. The van der Waals surface area contributed by atoms with Crippen LogP contribution in [-0.2, 0) is 0 Å². The maximum absolute atomic E-state index is 12.8. The lowest BCUT2D eigenvalue weighted by molar-refractivity contribution is 0.0952. The fourth-order valence-corrected chi connectivity index (χ4v) is 2.89. The fourth-order valence-electron chi connectivity index (χ4n) is 2.89. The Balaban J connectivity index is 1.63. The van der Waals surface area contributed by atoms with Gasteiger partial charge in [0.1, 0.15) is 0 Å². The van der Waals surface area contributed by atoms with Crippen molar-refractivity contribution in [2.45, 2.75) is 18.9 Å². The van der Waals surface area contributed by atoms with Crippen LogP contribution in [0.3, 0.4) is 0 Å². The predicted octanol–water partition coefficient (Wildman–Crippen LogP) is 3.98. The van der Waals surface area contributed by atoms with Crippen LogP contribution in [-0.4, -0.2) is 17.9 Å². The number of fused-ring (bicyclic) bond motifs is 1. The maximum atomic E-state index is 12.8. The number of hydrogen-bond donors (Lipinski definition) is 2. The number of rotatable bonds is 4. The topological polar surface area (TPSA) is 58.2 Å². The molecule has 4 heteroatoms. The molecule has 0 aromatic heterocycles. The number of carbonyl (C=O) groups is 2. The second kappa shape index (κ2) is 6.40. The van der Waals surface area contributed by atoms with E-state index >= 15 is 0 Å². The fraction of sp³-hybridized carbons (Fsp3) is 0.143. The van der Waals surface area contributed by atoms with Crippen LogP contribution in [0.5, 0.6) is 0 Å². The van der Waals surface area contributed by atoms with Gasteiger partial charge in [-0.05, 0) is 41.8 Å². The zero-order valence-corrected chi connectivity index (χ0v) is 13.7. The van der Waals surface area contributed by atoms with Crippen LogP contribution in [0, 0.1) is 0 Å². The molecule has 1 aliphatic carbocycles. The zero-order chi connectivity index (χ0) is 17.2. The molecular weight excluding hydrogens is 312 g/mol. The van der Waals surface area contributed by atoms with Gasteiger partial charge in [0, 0.05) is 11.6 Å². The minimum atomic E-state index is -0.219. The van der Waals surface area contributed by atoms with Crippen molar-refractivity contribution in [2.75, 3.05) is 5.32 Å². The summed E-state index contributed by atoms with van der Waals surface area (Å²) in [5, 5.41) is 7.76. The largest absolute Gasteiger partial charge is 0.349 e. The quantitative estimate of drug-likeness (QED) is 0.760. The second-order valence-electron chi connectivity index (χ2n) is 6.27. The van der Waals surface area contributed by atoms with Crippen LogP contribution in [0.1, 0.15) is 33.6 Å². The number of anilines is 1. The monoisotopic (exact) mass is 330 g/mol. The summed E-state index contributed by atoms with van der Waals surface area (Å²) in [5.41, 5.74) is 1.61. The Morgan fingerprint density at radius 3 is 2.28 bits per heavy atom. The Bertz CT molecular complexity index is 956. The molecule has 1 saturated carbocycles. The van der Waals surface area contributed by atoms with Crippen LogP contribution in [0.4, 0.5) is 5.69 Å². The van der Waals surface area contributed by atoms with Gasteiger partial charge < -0.3 is 10.6 Å². The van der Waals surface area contributed by atoms with Crippen molar-refractivity contribution in [1.82, 2.24) is 5.32 Å². The highest BCUT2D eigenvalue weighted by Crippen LogP contribution is 2.23. The average Bonchev–Trinajstić information content (AvgIpc) is 3.45. The van der Waals surface area contributed by atoms with Gasteiger partial charge in [-0.15, -0.1) is 0 Å². The molecule has 0 atom stereocenters. The Labute approximate surface area is 145 Å². The molecule has 0 spiro atoms. The van der Waals surface area contributed by atoms with Crippen molar-refractivity contribution in [3.8, 4) is 0 Å². The van der Waals surface area contributed by atoms with Crippen molar-refractivity contribution < 1.29 is 9.59 Å². The van der Waals surface area contributed by atoms with E-state index in [4.69, 9.17) is 0 Å². The molecule has 0 heterocycles. The van der Waals surface area contributed by atoms with Gasteiger partial charge in [0.05, 0.1) is 11.3 Å². The van der Waals surface area contributed by atoms with E-state index in [-0.39, 0.29) is 17.9 Å². The summed E-state index contributed by atoms with van der Waals surface area (Å²) in [7, 11) is 0. The van der Waals surface area contributed by atoms with Gasteiger partial charge in [-0.25, -0.2) is 0 Å². The molecule has 2 N–H and O–H groups in total. The third-order valence-corrected chi connectivity index (χ3v) is 4.37. The van der Waals surface area contributed by atoms with Crippen LogP contribution in [0.2, 0.25) is 0 Å². The number of benzene rings is 3. The van der Waals surface area contributed by atoms with E-state index < -0.39 is 0 Å². The molecule has 0 bridgehead atoms. The number of nitrogens with one attached hydrogen (secondary N) is 2. The molecule has 3 aromatic rings. The summed E-state index contributed by atoms with van der Waals surface area (Å²) in [6.07, 6.45) is 2.05. The van der Waals surface area contributed by atoms with Crippen molar-refractivity contribution in [1.29, 1.82) is 0 Å². The van der Waals surface area contributed by atoms with Crippen molar-refractivity contribution in [2.24, 2.45) is 0 Å². The van der Waals surface area contributed by atoms with Crippen molar-refractivity contribution >= 4 is 28.3 Å². The van der Waals surface area contributed by atoms with Gasteiger partial charge in [0.2, 0.25) is 0 Å². The molecule has 4 rings (SSSR count). The summed E-state index contributed by atoms with van der Waals surface area (Å²) in [4.78, 5) is 25.2. The van der Waals surface area contributed by atoms with E-state index in [1.807, 2.05) is 42.5 Å². The zero-order valence-electron chi connectivity index (χ0n) is 13.7. The lowest BCUT2D eigenvalue weighted by Crippen LogP contribution is -2.27. The molecular formula is C21H18N2O2. The molecule has 0 saturated heterocycles. The van der Waals surface area contributed by atoms with E-state index in [0.717, 1.165) is 23.6 Å². The van der Waals surface area contributed by atoms with Crippen molar-refractivity contribution in [3.63, 3.8) is 0 Å². The summed E-state index contributed by atoms with van der Waals surface area (Å²) in [6, 6.07) is 20.8. The number of amides is 2. The molecule has 0 unspecified atom stereocenters. The van der Waals surface area contributed by atoms with E-state index in [9.17, 15) is 9.59 Å². The third kappa shape index (κ3) is 3.24. The van der Waals surface area contributed by atoms with Crippen LogP contribution in [0.25, 0.3) is 10.8 Å². The second-order valence-corrected chi connectivity index (χ2v) is 6.27. The summed E-state index contributed by atoms with van der Waals surface area (Å²) < 4.78 is 0. The first-order valence-corrected chi connectivity index (χ1v) is 8.41. The van der Waals surface area contributed by atoms with Crippen molar-refractivity contribution in [3.05, 3.63) is 77.9 Å². The molecule has 4 nitrogen and oxygen atoms in total. The van der Waals surface area contributed by atoms with E-state index in [2.05, 4.69) is 10.6 Å². The highest BCUT2D eigenvalue weighted by atomic mass is 16.2. The van der Waals surface area contributed by atoms with Gasteiger partial charge in [-0.2, -0.15) is 0 Å². The van der Waals surface area contributed by atoms with E-state index in [1.165, 1.54) is 0 Å².